The minimum atomic E-state index is -4.83. The Hall–Kier alpha value is -2.28. The van der Waals surface area contributed by atoms with E-state index < -0.39 is 59.8 Å². The fourth-order valence-corrected chi connectivity index (χ4v) is 2.56. The second-order valence-electron chi connectivity index (χ2n) is 5.47. The first-order valence-electron chi connectivity index (χ1n) is 6.99. The van der Waals surface area contributed by atoms with E-state index in [1.165, 1.54) is 0 Å². The van der Waals surface area contributed by atoms with E-state index in [0.717, 1.165) is 6.20 Å². The van der Waals surface area contributed by atoms with Crippen molar-refractivity contribution >= 4 is 11.0 Å². The number of hydrogen-bond acceptors (Lipinski definition) is 7. The van der Waals surface area contributed by atoms with Gasteiger partial charge in [0.1, 0.15) is 29.7 Å². The summed E-state index contributed by atoms with van der Waals surface area (Å²) in [4.78, 5) is 29.2. The molecule has 0 radical (unpaired) electrons. The number of aromatic amines is 1. The zero-order valence-electron chi connectivity index (χ0n) is 12.3. The smallest absolute Gasteiger partial charge is 0.394 e. The van der Waals surface area contributed by atoms with Crippen LogP contribution in [-0.4, -0.2) is 54.8 Å². The highest BCUT2D eigenvalue weighted by molar-refractivity contribution is 5.73. The third kappa shape index (κ3) is 2.93. The lowest BCUT2D eigenvalue weighted by Gasteiger charge is -2.17. The number of fused-ring (bicyclic) bond motifs is 1. The number of hydrogen-bond donors (Lipinski definition) is 4. The van der Waals surface area contributed by atoms with Crippen LogP contribution in [0.5, 0.6) is 0 Å². The van der Waals surface area contributed by atoms with Crippen LogP contribution < -0.4 is 11.1 Å². The molecule has 4 atom stereocenters. The first-order chi connectivity index (χ1) is 11.6. The molecule has 136 valence electrons. The standard InChI is InChI=1S/C13H12F3N3O6/c14-13(15,16)7-1-5(21)4-2-19(12(24)18-10(4)17-7)11-9(23)8(22)6(3-20)25-11/h1-2,6,8-9,11,20,22-23H,3H2,(H,17,18,24). The molecule has 1 aliphatic rings. The predicted octanol–water partition coefficient (Wildman–Crippen LogP) is -1.28. The molecule has 4 N–H and O–H groups in total. The third-order valence-corrected chi connectivity index (χ3v) is 3.84. The minimum absolute atomic E-state index is 0.316. The average Bonchev–Trinajstić information content (AvgIpc) is 2.81. The van der Waals surface area contributed by atoms with Gasteiger partial charge in [-0.15, -0.1) is 0 Å². The van der Waals surface area contributed by atoms with Gasteiger partial charge in [-0.2, -0.15) is 18.2 Å². The van der Waals surface area contributed by atoms with E-state index in [-0.39, 0.29) is 5.39 Å². The number of aliphatic hydroxyl groups is 3. The Morgan fingerprint density at radius 2 is 1.96 bits per heavy atom. The Morgan fingerprint density at radius 3 is 2.52 bits per heavy atom. The summed E-state index contributed by atoms with van der Waals surface area (Å²) in [6.45, 7) is -0.639. The fourth-order valence-electron chi connectivity index (χ4n) is 2.56. The van der Waals surface area contributed by atoms with Gasteiger partial charge in [0.2, 0.25) is 0 Å². The van der Waals surface area contributed by atoms with Crippen LogP contribution in [0.15, 0.2) is 21.9 Å². The highest BCUT2D eigenvalue weighted by atomic mass is 19.4. The van der Waals surface area contributed by atoms with E-state index in [0.29, 0.717) is 10.6 Å². The second-order valence-corrected chi connectivity index (χ2v) is 5.47. The lowest BCUT2D eigenvalue weighted by Crippen LogP contribution is -2.36. The number of rotatable bonds is 2. The molecular formula is C13H12F3N3O6. The summed E-state index contributed by atoms with van der Waals surface area (Å²) in [5, 5.41) is 28.3. The van der Waals surface area contributed by atoms with Crippen LogP contribution in [0, 0.1) is 0 Å². The lowest BCUT2D eigenvalue weighted by atomic mass is 10.1. The number of aromatic nitrogens is 3. The van der Waals surface area contributed by atoms with Gasteiger partial charge in [-0.1, -0.05) is 0 Å². The summed E-state index contributed by atoms with van der Waals surface area (Å²) in [5.41, 5.74) is -4.10. The quantitative estimate of drug-likeness (QED) is 0.521. The summed E-state index contributed by atoms with van der Waals surface area (Å²) >= 11 is 0. The topological polar surface area (TPSA) is 138 Å². The minimum Gasteiger partial charge on any atom is -0.394 e. The molecule has 3 rings (SSSR count). The Morgan fingerprint density at radius 1 is 1.28 bits per heavy atom. The van der Waals surface area contributed by atoms with Gasteiger partial charge >= 0.3 is 11.9 Å². The number of ether oxygens (including phenoxy) is 1. The first-order valence-corrected chi connectivity index (χ1v) is 6.99. The van der Waals surface area contributed by atoms with Crippen LogP contribution in [0.1, 0.15) is 11.9 Å². The average molecular weight is 363 g/mol. The van der Waals surface area contributed by atoms with E-state index in [4.69, 9.17) is 9.84 Å². The Bertz CT molecular complexity index is 924. The van der Waals surface area contributed by atoms with Crippen LogP contribution in [0.3, 0.4) is 0 Å². The van der Waals surface area contributed by atoms with Gasteiger partial charge in [0.15, 0.2) is 11.7 Å². The van der Waals surface area contributed by atoms with Gasteiger partial charge in [0, 0.05) is 12.3 Å². The molecule has 3 heterocycles. The van der Waals surface area contributed by atoms with Crippen molar-refractivity contribution in [1.82, 2.24) is 14.5 Å². The molecule has 12 heteroatoms. The van der Waals surface area contributed by atoms with Crippen LogP contribution in [0.4, 0.5) is 13.2 Å². The Balaban J connectivity index is 2.14. The number of H-pyrrole nitrogens is 1. The van der Waals surface area contributed by atoms with Gasteiger partial charge < -0.3 is 25.0 Å². The molecule has 0 aromatic carbocycles. The molecule has 0 spiro atoms. The number of alkyl halides is 3. The summed E-state index contributed by atoms with van der Waals surface area (Å²) in [6, 6.07) is 0.316. The maximum atomic E-state index is 12.7. The highest BCUT2D eigenvalue weighted by Crippen LogP contribution is 2.29. The van der Waals surface area contributed by atoms with E-state index in [2.05, 4.69) is 4.98 Å². The highest BCUT2D eigenvalue weighted by Gasteiger charge is 2.44. The summed E-state index contributed by atoms with van der Waals surface area (Å²) in [6.07, 6.45) is -9.69. The summed E-state index contributed by atoms with van der Waals surface area (Å²) in [5.74, 6) is 0. The molecule has 4 unspecified atom stereocenters. The lowest BCUT2D eigenvalue weighted by molar-refractivity contribution is -0.141. The van der Waals surface area contributed by atoms with Crippen LogP contribution >= 0.6 is 0 Å². The molecule has 1 fully saturated rings. The van der Waals surface area contributed by atoms with E-state index in [1.54, 1.807) is 0 Å². The van der Waals surface area contributed by atoms with Crippen molar-refractivity contribution in [3.8, 4) is 0 Å². The monoisotopic (exact) mass is 363 g/mol. The van der Waals surface area contributed by atoms with Gasteiger partial charge in [-0.25, -0.2) is 4.79 Å². The van der Waals surface area contributed by atoms with Crippen molar-refractivity contribution in [3.63, 3.8) is 0 Å². The van der Waals surface area contributed by atoms with Crippen molar-refractivity contribution in [1.29, 1.82) is 0 Å². The normalized spacial score (nSPS) is 27.1. The van der Waals surface area contributed by atoms with Crippen molar-refractivity contribution in [2.45, 2.75) is 30.7 Å². The third-order valence-electron chi connectivity index (χ3n) is 3.84. The molecule has 0 saturated carbocycles. The molecule has 0 amide bonds. The van der Waals surface area contributed by atoms with Gasteiger partial charge in [0.05, 0.1) is 12.0 Å². The molecule has 25 heavy (non-hydrogen) atoms. The molecular weight excluding hydrogens is 351 g/mol. The molecule has 9 nitrogen and oxygen atoms in total. The molecule has 1 saturated heterocycles. The number of pyridine rings is 1. The van der Waals surface area contributed by atoms with Gasteiger partial charge in [-0.3, -0.25) is 9.36 Å². The summed E-state index contributed by atoms with van der Waals surface area (Å²) in [7, 11) is 0. The number of aliphatic hydroxyl groups excluding tert-OH is 3. The SMILES string of the molecule is O=c1cc(C(F)(F)F)[nH]c2nc(=O)n(C3OC(CO)C(O)C3O)cc12. The van der Waals surface area contributed by atoms with Crippen LogP contribution in [0.25, 0.3) is 11.0 Å². The number of halogens is 3. The first kappa shape index (κ1) is 17.5. The predicted molar refractivity (Wildman–Crippen MR) is 74.6 cm³/mol. The Kier molecular flexibility index (Phi) is 4.15. The van der Waals surface area contributed by atoms with E-state index in [9.17, 15) is 33.0 Å². The Labute approximate surface area is 135 Å². The number of nitrogens with one attached hydrogen (secondary N) is 1. The van der Waals surface area contributed by atoms with Crippen LogP contribution in [0.2, 0.25) is 0 Å². The van der Waals surface area contributed by atoms with Crippen molar-refractivity contribution in [2.75, 3.05) is 6.61 Å². The van der Waals surface area contributed by atoms with Crippen LogP contribution in [-0.2, 0) is 10.9 Å². The molecule has 1 aliphatic heterocycles. The van der Waals surface area contributed by atoms with Crippen molar-refractivity contribution < 1.29 is 33.2 Å². The maximum absolute atomic E-state index is 12.7. The van der Waals surface area contributed by atoms with Gasteiger partial charge in [-0.05, 0) is 0 Å². The zero-order chi connectivity index (χ0) is 18.5. The maximum Gasteiger partial charge on any atom is 0.431 e. The van der Waals surface area contributed by atoms with Gasteiger partial charge in [0.25, 0.3) is 0 Å². The number of nitrogens with zero attached hydrogens (tertiary/aromatic N) is 2. The summed E-state index contributed by atoms with van der Waals surface area (Å²) < 4.78 is 44.0. The molecule has 0 bridgehead atoms. The fraction of sp³-hybridized carbons (Fsp3) is 0.462. The van der Waals surface area contributed by atoms with E-state index in [1.807, 2.05) is 4.98 Å². The van der Waals surface area contributed by atoms with Crippen molar-refractivity contribution in [2.24, 2.45) is 0 Å². The second kappa shape index (κ2) is 5.91. The van der Waals surface area contributed by atoms with Crippen molar-refractivity contribution in [3.05, 3.63) is 38.7 Å². The zero-order valence-corrected chi connectivity index (χ0v) is 12.3. The largest absolute Gasteiger partial charge is 0.431 e. The van der Waals surface area contributed by atoms with E-state index >= 15 is 0 Å². The molecule has 2 aromatic heterocycles. The molecule has 0 aliphatic carbocycles. The molecule has 2 aromatic rings.